The molecule has 2 aromatic carbocycles. The van der Waals surface area contributed by atoms with Gasteiger partial charge in [-0.25, -0.2) is 0 Å². The molecule has 0 bridgehead atoms. The van der Waals surface area contributed by atoms with Crippen molar-refractivity contribution in [3.63, 3.8) is 0 Å². The summed E-state index contributed by atoms with van der Waals surface area (Å²) >= 11 is 0.989. The number of sulfonamides is 1. The average Bonchev–Trinajstić information content (AvgIpc) is 3.06. The molecule has 0 unspecified atom stereocenters. The van der Waals surface area contributed by atoms with Crippen molar-refractivity contribution >= 4 is 44.5 Å². The van der Waals surface area contributed by atoms with Crippen molar-refractivity contribution in [3.05, 3.63) is 54.1 Å². The number of thioether (sulfide) groups is 1. The lowest BCUT2D eigenvalue weighted by atomic mass is 10.2. The van der Waals surface area contributed by atoms with Gasteiger partial charge in [0, 0.05) is 24.7 Å². The van der Waals surface area contributed by atoms with Gasteiger partial charge in [-0.05, 0) is 43.2 Å². The van der Waals surface area contributed by atoms with Crippen LogP contribution in [-0.2, 0) is 26.0 Å². The lowest BCUT2D eigenvalue weighted by molar-refractivity contribution is -0.128. The molecule has 3 rings (SSSR count). The molecule has 1 heterocycles. The first-order valence-corrected chi connectivity index (χ1v) is 12.4. The number of benzene rings is 2. The standard InChI is InChI=1S/C22H25N3O5S2/c1-4-15-9-11-18(12-10-15)32(28,29)24-22-25(5-2)21(27)19(31-22)14-20(26)23-16-7-6-8-17(13-16)30-3/h6-13,19H,4-5,14H2,1-3H3,(H,23,26)/t19-/m0/s1. The van der Waals surface area contributed by atoms with Gasteiger partial charge in [0.15, 0.2) is 5.17 Å². The second-order valence-electron chi connectivity index (χ2n) is 7.02. The molecular weight excluding hydrogens is 450 g/mol. The number of rotatable bonds is 8. The Labute approximate surface area is 192 Å². The summed E-state index contributed by atoms with van der Waals surface area (Å²) < 4.78 is 34.6. The number of amidine groups is 1. The Morgan fingerprint density at radius 2 is 1.91 bits per heavy atom. The van der Waals surface area contributed by atoms with E-state index in [1.807, 2.05) is 6.92 Å². The number of ether oxygens (including phenoxy) is 1. The Balaban J connectivity index is 1.75. The third-order valence-electron chi connectivity index (χ3n) is 4.89. The van der Waals surface area contributed by atoms with Gasteiger partial charge in [0.05, 0.1) is 12.0 Å². The molecule has 0 spiro atoms. The highest BCUT2D eigenvalue weighted by atomic mass is 32.2. The van der Waals surface area contributed by atoms with Crippen LogP contribution in [-0.4, -0.2) is 49.2 Å². The largest absolute Gasteiger partial charge is 0.497 e. The molecule has 2 amide bonds. The number of carbonyl (C=O) groups is 2. The Morgan fingerprint density at radius 1 is 1.19 bits per heavy atom. The first-order chi connectivity index (χ1) is 15.3. The van der Waals surface area contributed by atoms with Crippen LogP contribution in [0.1, 0.15) is 25.8 Å². The molecule has 1 atom stereocenters. The second kappa shape index (κ2) is 10.2. The van der Waals surface area contributed by atoms with E-state index in [4.69, 9.17) is 4.74 Å². The summed E-state index contributed by atoms with van der Waals surface area (Å²) in [6, 6.07) is 13.4. The SMILES string of the molecule is CCc1ccc(S(=O)(=O)N=C2S[C@@H](CC(=O)Nc3cccc(OC)c3)C(=O)N2CC)cc1. The van der Waals surface area contributed by atoms with Gasteiger partial charge in [0.2, 0.25) is 11.8 Å². The third kappa shape index (κ3) is 5.49. The van der Waals surface area contributed by atoms with Gasteiger partial charge in [0.25, 0.3) is 10.0 Å². The topological polar surface area (TPSA) is 105 Å². The molecule has 1 aliphatic rings. The molecule has 2 aromatic rings. The maximum absolute atomic E-state index is 12.8. The number of nitrogens with one attached hydrogen (secondary N) is 1. The normalized spacial score (nSPS) is 17.6. The van der Waals surface area contributed by atoms with Crippen LogP contribution >= 0.6 is 11.8 Å². The molecule has 0 aromatic heterocycles. The lowest BCUT2D eigenvalue weighted by Crippen LogP contribution is -2.33. The van der Waals surface area contributed by atoms with Crippen LogP contribution in [0.5, 0.6) is 5.75 Å². The number of nitrogens with zero attached hydrogens (tertiary/aromatic N) is 2. The monoisotopic (exact) mass is 475 g/mol. The van der Waals surface area contributed by atoms with E-state index in [1.54, 1.807) is 43.3 Å². The molecule has 32 heavy (non-hydrogen) atoms. The van der Waals surface area contributed by atoms with E-state index in [2.05, 4.69) is 9.71 Å². The molecule has 1 N–H and O–H groups in total. The summed E-state index contributed by atoms with van der Waals surface area (Å²) in [4.78, 5) is 26.6. The number of hydrogen-bond acceptors (Lipinski definition) is 6. The van der Waals surface area contributed by atoms with E-state index >= 15 is 0 Å². The predicted octanol–water partition coefficient (Wildman–Crippen LogP) is 3.30. The number of aryl methyl sites for hydroxylation is 1. The van der Waals surface area contributed by atoms with Gasteiger partial charge in [-0.3, -0.25) is 14.5 Å². The summed E-state index contributed by atoms with van der Waals surface area (Å²) in [5.41, 5.74) is 1.56. The van der Waals surface area contributed by atoms with Crippen molar-refractivity contribution < 1.29 is 22.7 Å². The van der Waals surface area contributed by atoms with Crippen LogP contribution in [0.25, 0.3) is 0 Å². The first-order valence-electron chi connectivity index (χ1n) is 10.1. The fraction of sp³-hybridized carbons (Fsp3) is 0.318. The zero-order chi connectivity index (χ0) is 23.3. The summed E-state index contributed by atoms with van der Waals surface area (Å²) in [5.74, 6) is -0.106. The Bertz CT molecular complexity index is 1130. The molecular formula is C22H25N3O5S2. The summed E-state index contributed by atoms with van der Waals surface area (Å²) in [6.07, 6.45) is 0.684. The van der Waals surface area contributed by atoms with Crippen LogP contribution in [0, 0.1) is 0 Å². The summed E-state index contributed by atoms with van der Waals surface area (Å²) in [5, 5.41) is 2.06. The molecule has 1 saturated heterocycles. The first kappa shape index (κ1) is 23.8. The highest BCUT2D eigenvalue weighted by Gasteiger charge is 2.39. The Kier molecular flexibility index (Phi) is 7.57. The van der Waals surface area contributed by atoms with Crippen molar-refractivity contribution in [2.75, 3.05) is 19.0 Å². The van der Waals surface area contributed by atoms with Crippen LogP contribution in [0.15, 0.2) is 57.8 Å². The quantitative estimate of drug-likeness (QED) is 0.628. The van der Waals surface area contributed by atoms with E-state index in [0.29, 0.717) is 11.4 Å². The van der Waals surface area contributed by atoms with Crippen LogP contribution in [0.4, 0.5) is 5.69 Å². The van der Waals surface area contributed by atoms with E-state index in [1.165, 1.54) is 24.1 Å². The predicted molar refractivity (Wildman–Crippen MR) is 125 cm³/mol. The lowest BCUT2D eigenvalue weighted by Gasteiger charge is -2.13. The van der Waals surface area contributed by atoms with E-state index in [0.717, 1.165) is 23.7 Å². The molecule has 10 heteroatoms. The number of carbonyl (C=O) groups excluding carboxylic acids is 2. The van der Waals surface area contributed by atoms with E-state index in [-0.39, 0.29) is 34.8 Å². The van der Waals surface area contributed by atoms with Crippen LogP contribution in [0.2, 0.25) is 0 Å². The van der Waals surface area contributed by atoms with Gasteiger partial charge >= 0.3 is 0 Å². The van der Waals surface area contributed by atoms with Crippen molar-refractivity contribution in [2.24, 2.45) is 4.40 Å². The third-order valence-corrected chi connectivity index (χ3v) is 7.46. The highest BCUT2D eigenvalue weighted by molar-refractivity contribution is 8.16. The fourth-order valence-corrected chi connectivity index (χ4v) is 5.55. The number of methoxy groups -OCH3 is 1. The van der Waals surface area contributed by atoms with Crippen LogP contribution < -0.4 is 10.1 Å². The van der Waals surface area contributed by atoms with Crippen LogP contribution in [0.3, 0.4) is 0 Å². The Hall–Kier alpha value is -2.85. The molecule has 0 saturated carbocycles. The van der Waals surface area contributed by atoms with Gasteiger partial charge in [-0.15, -0.1) is 4.40 Å². The zero-order valence-electron chi connectivity index (χ0n) is 18.1. The second-order valence-corrected chi connectivity index (χ2v) is 9.79. The smallest absolute Gasteiger partial charge is 0.284 e. The van der Waals surface area contributed by atoms with Crippen molar-refractivity contribution in [1.82, 2.24) is 4.90 Å². The molecule has 0 aliphatic carbocycles. The number of hydrogen-bond donors (Lipinski definition) is 1. The van der Waals surface area contributed by atoms with Gasteiger partial charge in [0.1, 0.15) is 11.0 Å². The van der Waals surface area contributed by atoms with Gasteiger partial charge < -0.3 is 10.1 Å². The molecule has 8 nitrogen and oxygen atoms in total. The van der Waals surface area contributed by atoms with Crippen molar-refractivity contribution in [2.45, 2.75) is 36.8 Å². The van der Waals surface area contributed by atoms with Gasteiger partial charge in [-0.2, -0.15) is 8.42 Å². The number of amides is 2. The van der Waals surface area contributed by atoms with Gasteiger partial charge in [-0.1, -0.05) is 36.9 Å². The summed E-state index contributed by atoms with van der Waals surface area (Å²) in [7, 11) is -2.46. The van der Waals surface area contributed by atoms with Crippen molar-refractivity contribution in [3.8, 4) is 5.75 Å². The molecule has 170 valence electrons. The number of anilines is 1. The average molecular weight is 476 g/mol. The van der Waals surface area contributed by atoms with E-state index < -0.39 is 15.3 Å². The minimum absolute atomic E-state index is 0.0607. The minimum atomic E-state index is -3.98. The zero-order valence-corrected chi connectivity index (χ0v) is 19.7. The minimum Gasteiger partial charge on any atom is -0.497 e. The fourth-order valence-electron chi connectivity index (χ4n) is 3.13. The maximum Gasteiger partial charge on any atom is 0.284 e. The van der Waals surface area contributed by atoms with E-state index in [9.17, 15) is 18.0 Å². The Morgan fingerprint density at radius 3 is 2.53 bits per heavy atom. The highest BCUT2D eigenvalue weighted by Crippen LogP contribution is 2.31. The molecule has 1 aliphatic heterocycles. The molecule has 0 radical (unpaired) electrons. The molecule has 1 fully saturated rings. The summed E-state index contributed by atoms with van der Waals surface area (Å²) in [6.45, 7) is 3.96. The maximum atomic E-state index is 12.8. The van der Waals surface area contributed by atoms with Crippen molar-refractivity contribution in [1.29, 1.82) is 0 Å².